The maximum Gasteiger partial charge on any atom is 0.253 e. The molecule has 0 saturated carbocycles. The van der Waals surface area contributed by atoms with Gasteiger partial charge >= 0.3 is 0 Å². The van der Waals surface area contributed by atoms with E-state index in [4.69, 9.17) is 0 Å². The summed E-state index contributed by atoms with van der Waals surface area (Å²) in [6, 6.07) is 15.5. The zero-order chi connectivity index (χ0) is 17.9. The van der Waals surface area contributed by atoms with E-state index in [1.807, 2.05) is 0 Å². The number of hydrogen-bond acceptors (Lipinski definition) is 4. The Bertz CT molecular complexity index is 844. The highest BCUT2D eigenvalue weighted by Crippen LogP contribution is 2.18. The molecule has 2 aromatic carbocycles. The van der Waals surface area contributed by atoms with Gasteiger partial charge in [-0.3, -0.25) is 4.79 Å². The summed E-state index contributed by atoms with van der Waals surface area (Å²) in [5, 5.41) is 3.25. The van der Waals surface area contributed by atoms with Crippen LogP contribution in [0.5, 0.6) is 0 Å². The number of likely N-dealkylation sites (N-methyl/N-ethyl adjacent to an activating group) is 1. The highest BCUT2D eigenvalue weighted by molar-refractivity contribution is 7.90. The zero-order valence-corrected chi connectivity index (χ0v) is 15.0. The first-order valence-corrected chi connectivity index (χ1v) is 9.97. The van der Waals surface area contributed by atoms with Crippen molar-refractivity contribution in [1.82, 2.24) is 10.2 Å². The molecule has 0 aliphatic carbocycles. The van der Waals surface area contributed by atoms with E-state index in [0.717, 1.165) is 19.5 Å². The third-order valence-electron chi connectivity index (χ3n) is 4.54. The molecular weight excluding hydrogens is 336 g/mol. The molecule has 3 rings (SSSR count). The molecule has 1 aliphatic rings. The third kappa shape index (κ3) is 4.08. The van der Waals surface area contributed by atoms with Crippen LogP contribution in [0.4, 0.5) is 0 Å². The molecule has 1 N–H and O–H groups in total. The topological polar surface area (TPSA) is 66.5 Å². The second-order valence-electron chi connectivity index (χ2n) is 6.34. The lowest BCUT2D eigenvalue weighted by molar-refractivity contribution is 0.0743. The number of rotatable bonds is 5. The van der Waals surface area contributed by atoms with E-state index in [-0.39, 0.29) is 17.7 Å². The van der Waals surface area contributed by atoms with E-state index < -0.39 is 9.84 Å². The number of carbonyl (C=O) groups is 1. The summed E-state index contributed by atoms with van der Waals surface area (Å²) < 4.78 is 25.0. The van der Waals surface area contributed by atoms with Crippen LogP contribution in [-0.2, 0) is 15.6 Å². The maximum atomic E-state index is 12.7. The molecule has 1 unspecified atom stereocenters. The van der Waals surface area contributed by atoms with Gasteiger partial charge in [0, 0.05) is 25.2 Å². The molecular formula is C19H22N2O3S. The normalized spacial score (nSPS) is 17.4. The molecule has 0 radical (unpaired) electrons. The Morgan fingerprint density at radius 2 is 1.92 bits per heavy atom. The molecule has 1 aliphatic heterocycles. The standard InChI is InChI=1S/C19H22N2O3S/c1-21(17-10-11-20-13-17)19(22)16-7-5-6-15(12-16)14-25(23,24)18-8-3-2-4-9-18/h2-9,12,17,20H,10-11,13-14H2,1H3. The Kier molecular flexibility index (Phi) is 5.20. The number of nitrogens with zero attached hydrogens (tertiary/aromatic N) is 1. The van der Waals surface area contributed by atoms with E-state index in [0.29, 0.717) is 16.0 Å². The van der Waals surface area contributed by atoms with Gasteiger partial charge in [-0.05, 0) is 42.8 Å². The van der Waals surface area contributed by atoms with Gasteiger partial charge in [-0.2, -0.15) is 0 Å². The summed E-state index contributed by atoms with van der Waals surface area (Å²) in [4.78, 5) is 14.7. The second kappa shape index (κ2) is 7.37. The number of nitrogens with one attached hydrogen (secondary N) is 1. The number of sulfone groups is 1. The highest BCUT2D eigenvalue weighted by Gasteiger charge is 2.24. The Morgan fingerprint density at radius 1 is 1.16 bits per heavy atom. The molecule has 132 valence electrons. The molecule has 5 nitrogen and oxygen atoms in total. The minimum absolute atomic E-state index is 0.0762. The van der Waals surface area contributed by atoms with Crippen molar-refractivity contribution in [3.05, 3.63) is 65.7 Å². The number of carbonyl (C=O) groups excluding carboxylic acids is 1. The van der Waals surface area contributed by atoms with Crippen molar-refractivity contribution in [3.8, 4) is 0 Å². The summed E-state index contributed by atoms with van der Waals surface area (Å²) in [5.41, 5.74) is 1.14. The largest absolute Gasteiger partial charge is 0.337 e. The maximum absolute atomic E-state index is 12.7. The molecule has 1 fully saturated rings. The van der Waals surface area contributed by atoms with Crippen molar-refractivity contribution in [2.24, 2.45) is 0 Å². The quantitative estimate of drug-likeness (QED) is 0.889. The van der Waals surface area contributed by atoms with Gasteiger partial charge in [-0.15, -0.1) is 0 Å². The molecule has 1 heterocycles. The fourth-order valence-corrected chi connectivity index (χ4v) is 4.42. The van der Waals surface area contributed by atoms with Gasteiger partial charge in [-0.25, -0.2) is 8.42 Å². The summed E-state index contributed by atoms with van der Waals surface area (Å²) in [5.74, 6) is -0.194. The Labute approximate surface area is 148 Å². The van der Waals surface area contributed by atoms with Crippen molar-refractivity contribution in [1.29, 1.82) is 0 Å². The van der Waals surface area contributed by atoms with Crippen molar-refractivity contribution in [2.45, 2.75) is 23.1 Å². The SMILES string of the molecule is CN(C(=O)c1cccc(CS(=O)(=O)c2ccccc2)c1)C1CCNC1. The van der Waals surface area contributed by atoms with E-state index in [2.05, 4.69) is 5.32 Å². The Morgan fingerprint density at radius 3 is 2.60 bits per heavy atom. The van der Waals surface area contributed by atoms with Crippen LogP contribution in [0.15, 0.2) is 59.5 Å². The van der Waals surface area contributed by atoms with Gasteiger partial charge in [0.2, 0.25) is 0 Å². The number of benzene rings is 2. The molecule has 1 amide bonds. The molecule has 2 aromatic rings. The van der Waals surface area contributed by atoms with Gasteiger partial charge in [-0.1, -0.05) is 30.3 Å². The van der Waals surface area contributed by atoms with E-state index in [1.165, 1.54) is 0 Å². The van der Waals surface area contributed by atoms with Gasteiger partial charge < -0.3 is 10.2 Å². The second-order valence-corrected chi connectivity index (χ2v) is 8.32. The summed E-state index contributed by atoms with van der Waals surface area (Å²) in [6.07, 6.45) is 0.935. The van der Waals surface area contributed by atoms with Gasteiger partial charge in [0.1, 0.15) is 0 Å². The van der Waals surface area contributed by atoms with Crippen LogP contribution in [0.1, 0.15) is 22.3 Å². The first-order chi connectivity index (χ1) is 12.0. The minimum atomic E-state index is -3.43. The first kappa shape index (κ1) is 17.6. The molecule has 0 bridgehead atoms. The van der Waals surface area contributed by atoms with Gasteiger partial charge in [0.25, 0.3) is 5.91 Å². The van der Waals surface area contributed by atoms with Crippen LogP contribution >= 0.6 is 0 Å². The van der Waals surface area contributed by atoms with Crippen molar-refractivity contribution < 1.29 is 13.2 Å². The fraction of sp³-hybridized carbons (Fsp3) is 0.316. The number of amides is 1. The van der Waals surface area contributed by atoms with Crippen molar-refractivity contribution in [2.75, 3.05) is 20.1 Å². The molecule has 0 aromatic heterocycles. The summed E-state index contributed by atoms with van der Waals surface area (Å²) in [6.45, 7) is 1.71. The lowest BCUT2D eigenvalue weighted by atomic mass is 10.1. The van der Waals surface area contributed by atoms with Crippen LogP contribution in [0.3, 0.4) is 0 Å². The highest BCUT2D eigenvalue weighted by atomic mass is 32.2. The average Bonchev–Trinajstić information content (AvgIpc) is 3.16. The van der Waals surface area contributed by atoms with Gasteiger partial charge in [0.15, 0.2) is 9.84 Å². The zero-order valence-electron chi connectivity index (χ0n) is 14.2. The lowest BCUT2D eigenvalue weighted by Crippen LogP contribution is -2.38. The third-order valence-corrected chi connectivity index (χ3v) is 6.24. The molecule has 25 heavy (non-hydrogen) atoms. The van der Waals surface area contributed by atoms with Crippen LogP contribution in [0, 0.1) is 0 Å². The minimum Gasteiger partial charge on any atom is -0.337 e. The van der Waals surface area contributed by atoms with Crippen LogP contribution in [-0.4, -0.2) is 45.4 Å². The Hall–Kier alpha value is -2.18. The first-order valence-electron chi connectivity index (χ1n) is 8.32. The van der Waals surface area contributed by atoms with Crippen molar-refractivity contribution in [3.63, 3.8) is 0 Å². The molecule has 1 atom stereocenters. The molecule has 1 saturated heterocycles. The van der Waals surface area contributed by atoms with E-state index in [1.54, 1.807) is 66.5 Å². The lowest BCUT2D eigenvalue weighted by Gasteiger charge is -2.24. The predicted molar refractivity (Wildman–Crippen MR) is 97.1 cm³/mol. The molecule has 0 spiro atoms. The van der Waals surface area contributed by atoms with Crippen LogP contribution in [0.25, 0.3) is 0 Å². The number of hydrogen-bond donors (Lipinski definition) is 1. The Balaban J connectivity index is 1.78. The van der Waals surface area contributed by atoms with Gasteiger partial charge in [0.05, 0.1) is 10.6 Å². The monoisotopic (exact) mass is 358 g/mol. The van der Waals surface area contributed by atoms with Crippen molar-refractivity contribution >= 4 is 15.7 Å². The predicted octanol–water partition coefficient (Wildman–Crippen LogP) is 2.09. The van der Waals surface area contributed by atoms with E-state index >= 15 is 0 Å². The molecule has 6 heteroatoms. The summed E-state index contributed by atoms with van der Waals surface area (Å²) in [7, 11) is -1.63. The van der Waals surface area contributed by atoms with Crippen LogP contribution in [0.2, 0.25) is 0 Å². The fourth-order valence-electron chi connectivity index (χ4n) is 3.06. The average molecular weight is 358 g/mol. The summed E-state index contributed by atoms with van der Waals surface area (Å²) >= 11 is 0. The smallest absolute Gasteiger partial charge is 0.253 e. The van der Waals surface area contributed by atoms with Crippen LogP contribution < -0.4 is 5.32 Å². The van der Waals surface area contributed by atoms with E-state index in [9.17, 15) is 13.2 Å².